The lowest BCUT2D eigenvalue weighted by atomic mass is 9.73. The Morgan fingerprint density at radius 1 is 0.943 bits per heavy atom. The SMILES string of the molecule is CC(C)C(C)(c1ccc(-c2cnc(N)nc2)nc1)c1noc(-c2cnc(N3CCNCC3)cn2)n1. The highest BCUT2D eigenvalue weighted by molar-refractivity contribution is 5.58. The molecule has 180 valence electrons. The summed E-state index contributed by atoms with van der Waals surface area (Å²) in [5, 5.41) is 7.67. The van der Waals surface area contributed by atoms with Crippen molar-refractivity contribution in [2.75, 3.05) is 36.8 Å². The molecule has 11 nitrogen and oxygen atoms in total. The van der Waals surface area contributed by atoms with Crippen LogP contribution in [0.4, 0.5) is 11.8 Å². The van der Waals surface area contributed by atoms with Crippen molar-refractivity contribution in [1.29, 1.82) is 0 Å². The molecular formula is C24H28N10O. The summed E-state index contributed by atoms with van der Waals surface area (Å²) < 4.78 is 5.62. The molecule has 0 aliphatic carbocycles. The molecule has 11 heteroatoms. The van der Waals surface area contributed by atoms with Crippen LogP contribution in [0, 0.1) is 5.92 Å². The van der Waals surface area contributed by atoms with Crippen molar-refractivity contribution in [2.24, 2.45) is 5.92 Å². The fourth-order valence-corrected chi connectivity index (χ4v) is 4.09. The van der Waals surface area contributed by atoms with E-state index in [-0.39, 0.29) is 11.9 Å². The Hall–Kier alpha value is -3.99. The van der Waals surface area contributed by atoms with Crippen LogP contribution in [0.3, 0.4) is 0 Å². The van der Waals surface area contributed by atoms with E-state index in [0.29, 0.717) is 17.4 Å². The molecule has 0 spiro atoms. The second-order valence-electron chi connectivity index (χ2n) is 9.04. The zero-order chi connectivity index (χ0) is 24.4. The van der Waals surface area contributed by atoms with E-state index in [1.807, 2.05) is 18.3 Å². The highest BCUT2D eigenvalue weighted by Crippen LogP contribution is 2.38. The van der Waals surface area contributed by atoms with Gasteiger partial charge in [0.05, 0.1) is 23.5 Å². The summed E-state index contributed by atoms with van der Waals surface area (Å²) in [6, 6.07) is 3.96. The number of nitrogens with two attached hydrogens (primary N) is 1. The van der Waals surface area contributed by atoms with Gasteiger partial charge in [-0.15, -0.1) is 0 Å². The molecule has 1 atom stereocenters. The minimum absolute atomic E-state index is 0.168. The van der Waals surface area contributed by atoms with Crippen LogP contribution >= 0.6 is 0 Å². The first-order chi connectivity index (χ1) is 16.9. The molecule has 0 saturated carbocycles. The van der Waals surface area contributed by atoms with Crippen molar-refractivity contribution in [1.82, 2.24) is 40.4 Å². The number of nitrogens with one attached hydrogen (secondary N) is 1. The Bertz CT molecular complexity index is 1270. The van der Waals surface area contributed by atoms with Gasteiger partial charge in [0.1, 0.15) is 11.5 Å². The predicted molar refractivity (Wildman–Crippen MR) is 131 cm³/mol. The first kappa shape index (κ1) is 22.8. The Kier molecular flexibility index (Phi) is 6.08. The fourth-order valence-electron chi connectivity index (χ4n) is 4.09. The van der Waals surface area contributed by atoms with Crippen LogP contribution in [0.5, 0.6) is 0 Å². The van der Waals surface area contributed by atoms with Gasteiger partial charge in [-0.05, 0) is 24.5 Å². The highest BCUT2D eigenvalue weighted by atomic mass is 16.5. The Morgan fingerprint density at radius 2 is 1.69 bits per heavy atom. The molecule has 1 aliphatic heterocycles. The van der Waals surface area contributed by atoms with Crippen molar-refractivity contribution in [3.63, 3.8) is 0 Å². The predicted octanol–water partition coefficient (Wildman–Crippen LogP) is 2.33. The summed E-state index contributed by atoms with van der Waals surface area (Å²) in [5.74, 6) is 2.16. The zero-order valence-corrected chi connectivity index (χ0v) is 20.0. The summed E-state index contributed by atoms with van der Waals surface area (Å²) in [7, 11) is 0. The number of hydrogen-bond donors (Lipinski definition) is 2. The number of piperazine rings is 1. The Morgan fingerprint density at radius 3 is 2.31 bits per heavy atom. The van der Waals surface area contributed by atoms with E-state index in [9.17, 15) is 0 Å². The summed E-state index contributed by atoms with van der Waals surface area (Å²) in [6.07, 6.45) is 8.60. The van der Waals surface area contributed by atoms with Gasteiger partial charge in [-0.3, -0.25) is 4.98 Å². The van der Waals surface area contributed by atoms with Gasteiger partial charge in [0.15, 0.2) is 5.82 Å². The molecular weight excluding hydrogens is 444 g/mol. The fraction of sp³-hybridized carbons (Fsp3) is 0.375. The van der Waals surface area contributed by atoms with Crippen LogP contribution in [0.25, 0.3) is 22.8 Å². The average Bonchev–Trinajstić information content (AvgIpc) is 3.40. The van der Waals surface area contributed by atoms with Gasteiger partial charge in [-0.2, -0.15) is 4.98 Å². The van der Waals surface area contributed by atoms with Gasteiger partial charge < -0.3 is 20.5 Å². The molecule has 3 N–H and O–H groups in total. The lowest BCUT2D eigenvalue weighted by Crippen LogP contribution is -2.43. The van der Waals surface area contributed by atoms with Crippen molar-refractivity contribution in [3.05, 3.63) is 54.5 Å². The highest BCUT2D eigenvalue weighted by Gasteiger charge is 2.38. The van der Waals surface area contributed by atoms with Gasteiger partial charge in [0, 0.05) is 50.3 Å². The lowest BCUT2D eigenvalue weighted by Gasteiger charge is -2.30. The van der Waals surface area contributed by atoms with E-state index >= 15 is 0 Å². The molecule has 0 radical (unpaired) electrons. The van der Waals surface area contributed by atoms with E-state index in [1.165, 1.54) is 0 Å². The molecule has 1 unspecified atom stereocenters. The lowest BCUT2D eigenvalue weighted by molar-refractivity contribution is 0.350. The van der Waals surface area contributed by atoms with Gasteiger partial charge in [-0.1, -0.05) is 25.1 Å². The minimum atomic E-state index is -0.529. The van der Waals surface area contributed by atoms with E-state index < -0.39 is 5.41 Å². The molecule has 0 aromatic carbocycles. The molecule has 0 bridgehead atoms. The van der Waals surface area contributed by atoms with Crippen LogP contribution < -0.4 is 16.0 Å². The van der Waals surface area contributed by atoms with Crippen LogP contribution in [0.1, 0.15) is 32.2 Å². The van der Waals surface area contributed by atoms with E-state index in [0.717, 1.165) is 48.8 Å². The van der Waals surface area contributed by atoms with Crippen molar-refractivity contribution in [3.8, 4) is 22.8 Å². The van der Waals surface area contributed by atoms with E-state index in [4.69, 9.17) is 15.2 Å². The van der Waals surface area contributed by atoms with Crippen molar-refractivity contribution in [2.45, 2.75) is 26.2 Å². The standard InChI is InChI=1S/C24H28N10O/c1-15(2)24(3,17-4-5-18(27-12-17)16-10-30-23(25)31-11-16)22-32-21(35-33-22)19-13-29-20(14-28-19)34-8-6-26-7-9-34/h4-5,10-15,26H,6-9H2,1-3H3,(H2,25,30,31). The molecule has 5 heterocycles. The smallest absolute Gasteiger partial charge is 0.278 e. The number of anilines is 2. The molecule has 5 rings (SSSR count). The van der Waals surface area contributed by atoms with E-state index in [1.54, 1.807) is 24.8 Å². The number of rotatable bonds is 6. The van der Waals surface area contributed by atoms with Crippen molar-refractivity contribution < 1.29 is 4.52 Å². The van der Waals surface area contributed by atoms with Crippen LogP contribution in [-0.4, -0.2) is 61.2 Å². The normalized spacial score (nSPS) is 15.8. The first-order valence-corrected chi connectivity index (χ1v) is 11.6. The monoisotopic (exact) mass is 472 g/mol. The summed E-state index contributed by atoms with van der Waals surface area (Å²) in [6.45, 7) is 10.0. The maximum atomic E-state index is 5.62. The maximum Gasteiger partial charge on any atom is 0.278 e. The molecule has 35 heavy (non-hydrogen) atoms. The topological polar surface area (TPSA) is 145 Å². The van der Waals surface area contributed by atoms with Crippen LogP contribution in [-0.2, 0) is 5.41 Å². The van der Waals surface area contributed by atoms with Crippen LogP contribution in [0.2, 0.25) is 0 Å². The van der Waals surface area contributed by atoms with E-state index in [2.05, 4.69) is 61.1 Å². The zero-order valence-electron chi connectivity index (χ0n) is 20.0. The minimum Gasteiger partial charge on any atom is -0.368 e. The number of nitrogen functional groups attached to an aromatic ring is 1. The molecule has 1 saturated heterocycles. The molecule has 4 aromatic heterocycles. The van der Waals surface area contributed by atoms with Gasteiger partial charge in [-0.25, -0.2) is 19.9 Å². The first-order valence-electron chi connectivity index (χ1n) is 11.6. The van der Waals surface area contributed by atoms with Gasteiger partial charge in [0.25, 0.3) is 5.89 Å². The van der Waals surface area contributed by atoms with Crippen LogP contribution in [0.15, 0.2) is 47.6 Å². The largest absolute Gasteiger partial charge is 0.368 e. The maximum absolute atomic E-state index is 5.62. The molecule has 1 aliphatic rings. The third-order valence-corrected chi connectivity index (χ3v) is 6.67. The Labute approximate surface area is 203 Å². The van der Waals surface area contributed by atoms with Crippen molar-refractivity contribution >= 4 is 11.8 Å². The third-order valence-electron chi connectivity index (χ3n) is 6.67. The average molecular weight is 473 g/mol. The number of nitrogens with zero attached hydrogens (tertiary/aromatic N) is 8. The molecule has 0 amide bonds. The summed E-state index contributed by atoms with van der Waals surface area (Å²) in [5.41, 5.74) is 8.13. The Balaban J connectivity index is 1.40. The number of aromatic nitrogens is 7. The molecule has 4 aromatic rings. The third kappa shape index (κ3) is 4.42. The molecule has 1 fully saturated rings. The summed E-state index contributed by atoms with van der Waals surface area (Å²) in [4.78, 5) is 28.7. The second kappa shape index (κ2) is 9.34. The number of pyridine rings is 1. The summed E-state index contributed by atoms with van der Waals surface area (Å²) >= 11 is 0. The van der Waals surface area contributed by atoms with Gasteiger partial charge >= 0.3 is 0 Å². The number of hydrogen-bond acceptors (Lipinski definition) is 11. The second-order valence-corrected chi connectivity index (χ2v) is 9.04. The quantitative estimate of drug-likeness (QED) is 0.426. The van der Waals surface area contributed by atoms with Gasteiger partial charge in [0.2, 0.25) is 5.95 Å².